The Morgan fingerprint density at radius 3 is 2.37 bits per heavy atom. The molecule has 19 heavy (non-hydrogen) atoms. The van der Waals surface area contributed by atoms with E-state index >= 15 is 0 Å². The molecule has 1 aromatic rings. The number of sulfonamides is 2. The normalized spacial score (nSPS) is 13.1. The number of rotatable bonds is 7. The van der Waals surface area contributed by atoms with Crippen molar-refractivity contribution < 1.29 is 16.8 Å². The Balaban J connectivity index is 2.60. The van der Waals surface area contributed by atoms with E-state index < -0.39 is 20.0 Å². The molecule has 0 spiro atoms. The van der Waals surface area contributed by atoms with Gasteiger partial charge in [-0.1, -0.05) is 13.8 Å². The average Bonchev–Trinajstić information content (AvgIpc) is 2.72. The van der Waals surface area contributed by atoms with E-state index in [-0.39, 0.29) is 16.5 Å². The van der Waals surface area contributed by atoms with Crippen molar-refractivity contribution in [3.8, 4) is 0 Å². The minimum atomic E-state index is -3.72. The number of hydrogen-bond acceptors (Lipinski definition) is 5. The largest absolute Gasteiger partial charge is 0.247 e. The van der Waals surface area contributed by atoms with Crippen LogP contribution in [0.4, 0.5) is 0 Å². The number of hydrogen-bond donors (Lipinski definition) is 2. The first-order chi connectivity index (χ1) is 8.60. The topological polar surface area (TPSA) is 106 Å². The molecular formula is C10H18N2O4S3. The van der Waals surface area contributed by atoms with Gasteiger partial charge in [-0.2, -0.15) is 0 Å². The fourth-order valence-electron chi connectivity index (χ4n) is 1.25. The predicted molar refractivity (Wildman–Crippen MR) is 75.8 cm³/mol. The minimum absolute atomic E-state index is 0.0314. The van der Waals surface area contributed by atoms with E-state index in [0.29, 0.717) is 17.2 Å². The van der Waals surface area contributed by atoms with Crippen LogP contribution < -0.4 is 9.86 Å². The average molecular weight is 326 g/mol. The number of nitrogens with one attached hydrogen (secondary N) is 1. The number of primary sulfonamides is 1. The number of nitrogens with two attached hydrogens (primary N) is 1. The molecule has 0 saturated carbocycles. The van der Waals surface area contributed by atoms with Crippen LogP contribution in [0.25, 0.3) is 0 Å². The van der Waals surface area contributed by atoms with Crippen LogP contribution in [0.5, 0.6) is 0 Å². The summed E-state index contributed by atoms with van der Waals surface area (Å²) in [7, 11) is -7.04. The lowest BCUT2D eigenvalue weighted by Gasteiger charge is -2.07. The van der Waals surface area contributed by atoms with Crippen LogP contribution in [0.3, 0.4) is 0 Å². The van der Waals surface area contributed by atoms with Gasteiger partial charge in [0.2, 0.25) is 20.0 Å². The first-order valence-corrected chi connectivity index (χ1v) is 9.70. The Hall–Kier alpha value is -0.480. The summed E-state index contributed by atoms with van der Waals surface area (Å²) in [4.78, 5) is 0.608. The Labute approximate surface area is 118 Å². The lowest BCUT2D eigenvalue weighted by Crippen LogP contribution is -2.26. The molecule has 0 amide bonds. The summed E-state index contributed by atoms with van der Waals surface area (Å²) < 4.78 is 47.9. The maximum Gasteiger partial charge on any atom is 0.247 e. The molecule has 0 unspecified atom stereocenters. The zero-order chi connectivity index (χ0) is 14.7. The van der Waals surface area contributed by atoms with Gasteiger partial charge in [-0.3, -0.25) is 0 Å². The third kappa shape index (κ3) is 6.00. The molecule has 0 bridgehead atoms. The van der Waals surface area contributed by atoms with Gasteiger partial charge in [0.25, 0.3) is 0 Å². The van der Waals surface area contributed by atoms with Crippen LogP contribution in [0.15, 0.2) is 16.3 Å². The van der Waals surface area contributed by atoms with Gasteiger partial charge in [0.05, 0.1) is 5.75 Å². The van der Waals surface area contributed by atoms with E-state index in [2.05, 4.69) is 4.72 Å². The van der Waals surface area contributed by atoms with Gasteiger partial charge in [-0.15, -0.1) is 11.3 Å². The second-order valence-corrected chi connectivity index (χ2v) is 9.47. The standard InChI is InChI=1S/C10H18N2O4S3/c1-8(2)5-6-18(13,14)12-7-9-3-4-10(17-9)19(11,15)16/h3-4,8,12H,5-7H2,1-2H3,(H2,11,15,16). The Morgan fingerprint density at radius 2 is 1.89 bits per heavy atom. The molecule has 0 saturated heterocycles. The zero-order valence-electron chi connectivity index (χ0n) is 10.8. The van der Waals surface area contributed by atoms with E-state index in [1.807, 2.05) is 13.8 Å². The summed E-state index contributed by atoms with van der Waals surface area (Å²) in [6.07, 6.45) is 0.586. The predicted octanol–water partition coefficient (Wildman–Crippen LogP) is 0.861. The van der Waals surface area contributed by atoms with E-state index in [1.54, 1.807) is 6.07 Å². The molecule has 0 aliphatic carbocycles. The Kier molecular flexibility index (Phi) is 5.51. The van der Waals surface area contributed by atoms with E-state index in [4.69, 9.17) is 5.14 Å². The van der Waals surface area contributed by atoms with Crippen molar-refractivity contribution in [2.24, 2.45) is 11.1 Å². The third-order valence-electron chi connectivity index (χ3n) is 2.35. The fourth-order valence-corrected chi connectivity index (χ4v) is 4.36. The van der Waals surface area contributed by atoms with Crippen molar-refractivity contribution in [1.82, 2.24) is 4.72 Å². The van der Waals surface area contributed by atoms with Crippen LogP contribution in [0, 0.1) is 5.92 Å². The first-order valence-electron chi connectivity index (χ1n) is 5.69. The van der Waals surface area contributed by atoms with Crippen LogP contribution >= 0.6 is 11.3 Å². The van der Waals surface area contributed by atoms with Crippen molar-refractivity contribution in [3.63, 3.8) is 0 Å². The molecular weight excluding hydrogens is 308 g/mol. The highest BCUT2D eigenvalue weighted by molar-refractivity contribution is 7.91. The molecule has 1 heterocycles. The summed E-state index contributed by atoms with van der Waals surface area (Å²) in [5, 5.41) is 4.98. The molecule has 110 valence electrons. The lowest BCUT2D eigenvalue weighted by molar-refractivity contribution is 0.562. The SMILES string of the molecule is CC(C)CCS(=O)(=O)NCc1ccc(S(N)(=O)=O)s1. The van der Waals surface area contributed by atoms with Gasteiger partial charge >= 0.3 is 0 Å². The quantitative estimate of drug-likeness (QED) is 0.775. The molecule has 0 aliphatic rings. The molecule has 0 fully saturated rings. The van der Waals surface area contributed by atoms with Crippen LogP contribution in [-0.2, 0) is 26.6 Å². The highest BCUT2D eigenvalue weighted by atomic mass is 32.2. The van der Waals surface area contributed by atoms with Gasteiger partial charge in [0.1, 0.15) is 4.21 Å². The summed E-state index contributed by atoms with van der Waals surface area (Å²) in [5.41, 5.74) is 0. The van der Waals surface area contributed by atoms with Crippen molar-refractivity contribution in [3.05, 3.63) is 17.0 Å². The van der Waals surface area contributed by atoms with Crippen LogP contribution in [0.1, 0.15) is 25.1 Å². The zero-order valence-corrected chi connectivity index (χ0v) is 13.2. The molecule has 3 N–H and O–H groups in total. The van der Waals surface area contributed by atoms with Gasteiger partial charge in [-0.05, 0) is 24.5 Å². The van der Waals surface area contributed by atoms with Crippen molar-refractivity contribution in [2.75, 3.05) is 5.75 Å². The molecule has 0 atom stereocenters. The highest BCUT2D eigenvalue weighted by Crippen LogP contribution is 2.20. The Bertz CT molecular complexity index is 617. The molecule has 1 aromatic heterocycles. The molecule has 1 rings (SSSR count). The molecule has 0 aliphatic heterocycles. The van der Waals surface area contributed by atoms with Crippen molar-refractivity contribution in [2.45, 2.75) is 31.0 Å². The molecule has 0 aromatic carbocycles. The van der Waals surface area contributed by atoms with Crippen LogP contribution in [-0.4, -0.2) is 22.6 Å². The van der Waals surface area contributed by atoms with Crippen LogP contribution in [0.2, 0.25) is 0 Å². The fraction of sp³-hybridized carbons (Fsp3) is 0.600. The van der Waals surface area contributed by atoms with Gasteiger partial charge in [0, 0.05) is 11.4 Å². The summed E-state index contributed by atoms with van der Waals surface area (Å²) in [6.45, 7) is 3.99. The molecule has 6 nitrogen and oxygen atoms in total. The minimum Gasteiger partial charge on any atom is -0.224 e. The Morgan fingerprint density at radius 1 is 1.26 bits per heavy atom. The first kappa shape index (κ1) is 16.6. The van der Waals surface area contributed by atoms with E-state index in [1.165, 1.54) is 6.07 Å². The molecule has 0 radical (unpaired) electrons. The van der Waals surface area contributed by atoms with E-state index in [9.17, 15) is 16.8 Å². The summed E-state index contributed by atoms with van der Waals surface area (Å²) in [6, 6.07) is 2.92. The monoisotopic (exact) mass is 326 g/mol. The smallest absolute Gasteiger partial charge is 0.224 e. The van der Waals surface area contributed by atoms with Crippen molar-refractivity contribution >= 4 is 31.4 Å². The summed E-state index contributed by atoms with van der Waals surface area (Å²) in [5.74, 6) is 0.380. The second-order valence-electron chi connectivity index (χ2n) is 4.59. The maximum atomic E-state index is 11.7. The van der Waals surface area contributed by atoms with Gasteiger partial charge < -0.3 is 0 Å². The lowest BCUT2D eigenvalue weighted by atomic mass is 10.2. The molecule has 9 heteroatoms. The second kappa shape index (κ2) is 6.31. The highest BCUT2D eigenvalue weighted by Gasteiger charge is 2.14. The van der Waals surface area contributed by atoms with E-state index in [0.717, 1.165) is 11.3 Å². The number of thiophene rings is 1. The van der Waals surface area contributed by atoms with Crippen molar-refractivity contribution in [1.29, 1.82) is 0 Å². The van der Waals surface area contributed by atoms with Gasteiger partial charge in [0.15, 0.2) is 0 Å². The maximum absolute atomic E-state index is 11.7. The third-order valence-corrected chi connectivity index (χ3v) is 6.23. The summed E-state index contributed by atoms with van der Waals surface area (Å²) >= 11 is 0.965. The van der Waals surface area contributed by atoms with Gasteiger partial charge in [-0.25, -0.2) is 26.7 Å².